The van der Waals surface area contributed by atoms with Crippen molar-refractivity contribution in [2.75, 3.05) is 0 Å². The van der Waals surface area contributed by atoms with Crippen LogP contribution in [0.25, 0.3) is 93.6 Å². The van der Waals surface area contributed by atoms with Crippen LogP contribution in [0, 0.1) is 0 Å². The fourth-order valence-corrected chi connectivity index (χ4v) is 19.1. The highest BCUT2D eigenvalue weighted by atomic mass is 32.2. The van der Waals surface area contributed by atoms with Gasteiger partial charge in [-0.2, -0.15) is 0 Å². The van der Waals surface area contributed by atoms with E-state index in [1.54, 1.807) is 0 Å². The highest BCUT2D eigenvalue weighted by Crippen LogP contribution is 2.40. The third-order valence-electron chi connectivity index (χ3n) is 15.2. The molecule has 0 bridgehead atoms. The number of benzene rings is 11. The minimum absolute atomic E-state index is 1.16. The summed E-state index contributed by atoms with van der Waals surface area (Å²) in [6, 6.07) is 97.8. The van der Waals surface area contributed by atoms with Crippen molar-refractivity contribution in [2.45, 2.75) is 9.79 Å². The van der Waals surface area contributed by atoms with Gasteiger partial charge < -0.3 is 13.7 Å². The molecule has 0 unspecified atom stereocenters. The standard InChI is InChI=1S/C66H43N3SSi/c1-2-16-44(17-3-1)45-30-36-49(37-31-45)71(50-38-32-46(33-39-50)67-57-24-10-4-18-51(57)52-19-5-11-25-58(52)67)65-40-34-47(68-59-26-12-6-20-53(59)54-21-7-13-27-60(54)68)42-63(65)70-64-43-48(35-41-66(64)71)69-61-28-14-8-22-55(61)56-23-9-15-29-62(56)69/h1-43H. The Morgan fingerprint density at radius 1 is 0.254 bits per heavy atom. The van der Waals surface area contributed by atoms with E-state index >= 15 is 0 Å². The van der Waals surface area contributed by atoms with Crippen LogP contribution in [0.15, 0.2) is 271 Å². The van der Waals surface area contributed by atoms with Crippen LogP contribution >= 0.6 is 11.8 Å². The highest BCUT2D eigenvalue weighted by molar-refractivity contribution is 8.00. The van der Waals surface area contributed by atoms with Gasteiger partial charge in [-0.3, -0.25) is 0 Å². The van der Waals surface area contributed by atoms with Crippen molar-refractivity contribution in [3.05, 3.63) is 261 Å². The number of hydrogen-bond acceptors (Lipinski definition) is 1. The van der Waals surface area contributed by atoms with Crippen LogP contribution in [0.2, 0.25) is 0 Å². The second-order valence-electron chi connectivity index (χ2n) is 18.8. The molecule has 1 aliphatic heterocycles. The van der Waals surface area contributed by atoms with Crippen molar-refractivity contribution in [1.29, 1.82) is 0 Å². The zero-order chi connectivity index (χ0) is 46.6. The van der Waals surface area contributed by atoms with E-state index in [0.29, 0.717) is 0 Å². The van der Waals surface area contributed by atoms with E-state index in [4.69, 9.17) is 0 Å². The molecule has 0 N–H and O–H groups in total. The van der Waals surface area contributed by atoms with Crippen LogP contribution in [-0.2, 0) is 0 Å². The van der Waals surface area contributed by atoms with Crippen molar-refractivity contribution in [3.8, 4) is 28.2 Å². The number of aromatic nitrogens is 3. The summed E-state index contributed by atoms with van der Waals surface area (Å²) in [5.41, 5.74) is 13.2. The van der Waals surface area contributed by atoms with Crippen molar-refractivity contribution >= 4 is 106 Å². The van der Waals surface area contributed by atoms with E-state index in [0.717, 1.165) is 5.69 Å². The van der Waals surface area contributed by atoms with Gasteiger partial charge in [-0.05, 0) is 105 Å². The first kappa shape index (κ1) is 40.3. The number of nitrogens with zero attached hydrogens (tertiary/aromatic N) is 3. The van der Waals surface area contributed by atoms with Crippen molar-refractivity contribution in [2.24, 2.45) is 0 Å². The summed E-state index contributed by atoms with van der Waals surface area (Å²) in [6.45, 7) is 0. The monoisotopic (exact) mass is 937 g/mol. The van der Waals surface area contributed by atoms with Gasteiger partial charge in [-0.1, -0.05) is 200 Å². The van der Waals surface area contributed by atoms with E-state index in [1.807, 2.05) is 11.8 Å². The molecule has 11 aromatic carbocycles. The Morgan fingerprint density at radius 3 is 0.930 bits per heavy atom. The molecule has 0 saturated carbocycles. The Morgan fingerprint density at radius 2 is 0.549 bits per heavy atom. The fraction of sp³-hybridized carbons (Fsp3) is 0. The van der Waals surface area contributed by atoms with Crippen LogP contribution in [0.1, 0.15) is 0 Å². The second-order valence-corrected chi connectivity index (χ2v) is 23.6. The number of rotatable bonds is 6. The normalized spacial score (nSPS) is 13.1. The summed E-state index contributed by atoms with van der Waals surface area (Å²) in [6.07, 6.45) is 0. The Bertz CT molecular complexity index is 4100. The van der Waals surface area contributed by atoms with Crippen molar-refractivity contribution < 1.29 is 0 Å². The zero-order valence-electron chi connectivity index (χ0n) is 38.6. The van der Waals surface area contributed by atoms with E-state index in [2.05, 4.69) is 275 Å². The molecule has 3 aromatic heterocycles. The zero-order valence-corrected chi connectivity index (χ0v) is 40.4. The van der Waals surface area contributed by atoms with Gasteiger partial charge in [-0.15, -0.1) is 0 Å². The molecule has 0 amide bonds. The molecular formula is C66H43N3SSi. The lowest BCUT2D eigenvalue weighted by Crippen LogP contribution is -2.76. The van der Waals surface area contributed by atoms with Gasteiger partial charge in [0.1, 0.15) is 0 Å². The molecule has 332 valence electrons. The fourth-order valence-electron chi connectivity index (χ4n) is 12.1. The molecular weight excluding hydrogens is 895 g/mol. The molecule has 5 heteroatoms. The summed E-state index contributed by atoms with van der Waals surface area (Å²) in [5.74, 6) is 0. The van der Waals surface area contributed by atoms with E-state index < -0.39 is 8.07 Å². The Hall–Kier alpha value is -8.61. The summed E-state index contributed by atoms with van der Waals surface area (Å²) < 4.78 is 7.37. The Kier molecular flexibility index (Phi) is 8.91. The number of fused-ring (bicyclic) bond motifs is 11. The topological polar surface area (TPSA) is 14.8 Å². The average Bonchev–Trinajstić information content (AvgIpc) is 4.09. The van der Waals surface area contributed by atoms with Crippen molar-refractivity contribution in [1.82, 2.24) is 13.7 Å². The van der Waals surface area contributed by atoms with E-state index in [1.165, 1.54) is 118 Å². The van der Waals surface area contributed by atoms with Gasteiger partial charge >= 0.3 is 0 Å². The quantitative estimate of drug-likeness (QED) is 0.152. The van der Waals surface area contributed by atoms with Crippen LogP contribution in [0.5, 0.6) is 0 Å². The Balaban J connectivity index is 1.01. The molecule has 0 radical (unpaired) electrons. The van der Waals surface area contributed by atoms with Gasteiger partial charge in [0.25, 0.3) is 0 Å². The van der Waals surface area contributed by atoms with Gasteiger partial charge in [-0.25, -0.2) is 0 Å². The summed E-state index contributed by atoms with van der Waals surface area (Å²) in [5, 5.41) is 13.1. The molecule has 0 atom stereocenters. The first-order chi connectivity index (χ1) is 35.2. The molecule has 0 aliphatic carbocycles. The Labute approximate surface area is 416 Å². The minimum atomic E-state index is -3.09. The van der Waals surface area contributed by atoms with Gasteiger partial charge in [0, 0.05) is 59.2 Å². The second kappa shape index (κ2) is 15.7. The summed E-state index contributed by atoms with van der Waals surface area (Å²) >= 11 is 1.93. The van der Waals surface area contributed by atoms with Crippen LogP contribution in [0.4, 0.5) is 0 Å². The predicted molar refractivity (Wildman–Crippen MR) is 303 cm³/mol. The summed E-state index contributed by atoms with van der Waals surface area (Å²) in [7, 11) is -3.09. The first-order valence-corrected chi connectivity index (χ1v) is 27.2. The smallest absolute Gasteiger partial charge is 0.181 e. The molecule has 14 aromatic rings. The largest absolute Gasteiger partial charge is 0.309 e. The van der Waals surface area contributed by atoms with Crippen LogP contribution in [-0.4, -0.2) is 21.8 Å². The molecule has 0 fully saturated rings. The third kappa shape index (κ3) is 5.91. The number of para-hydroxylation sites is 6. The SMILES string of the molecule is c1ccc(-c2ccc([Si]3(c4ccc(-n5c6ccccc6c6ccccc65)cc4)c4ccc(-n5c6ccccc6c6ccccc65)cc4Sc4cc(-n5c6ccccc6c6ccccc65)ccc43)cc2)cc1. The number of hydrogen-bond donors (Lipinski definition) is 0. The van der Waals surface area contributed by atoms with Gasteiger partial charge in [0.15, 0.2) is 8.07 Å². The third-order valence-corrected chi connectivity index (χ3v) is 21.6. The maximum atomic E-state index is 2.49. The molecule has 1 aliphatic rings. The lowest BCUT2D eigenvalue weighted by molar-refractivity contribution is 1.16. The predicted octanol–water partition coefficient (Wildman–Crippen LogP) is 14.5. The molecule has 3 nitrogen and oxygen atoms in total. The van der Waals surface area contributed by atoms with Crippen LogP contribution < -0.4 is 20.7 Å². The average molecular weight is 938 g/mol. The molecule has 71 heavy (non-hydrogen) atoms. The molecule has 4 heterocycles. The first-order valence-electron chi connectivity index (χ1n) is 24.4. The molecule has 0 spiro atoms. The maximum absolute atomic E-state index is 3.09. The lowest BCUT2D eigenvalue weighted by atomic mass is 10.1. The van der Waals surface area contributed by atoms with Crippen LogP contribution in [0.3, 0.4) is 0 Å². The van der Waals surface area contributed by atoms with Gasteiger partial charge in [0.2, 0.25) is 0 Å². The maximum Gasteiger partial charge on any atom is 0.181 e. The molecule has 15 rings (SSSR count). The van der Waals surface area contributed by atoms with E-state index in [-0.39, 0.29) is 0 Å². The lowest BCUT2D eigenvalue weighted by Gasteiger charge is -2.40. The van der Waals surface area contributed by atoms with Crippen molar-refractivity contribution in [3.63, 3.8) is 0 Å². The highest BCUT2D eigenvalue weighted by Gasteiger charge is 2.47. The van der Waals surface area contributed by atoms with Gasteiger partial charge in [0.05, 0.1) is 33.1 Å². The molecule has 0 saturated heterocycles. The summed E-state index contributed by atoms with van der Waals surface area (Å²) in [4.78, 5) is 2.59. The minimum Gasteiger partial charge on any atom is -0.309 e. The van der Waals surface area contributed by atoms with E-state index in [9.17, 15) is 0 Å².